The first-order valence-electron chi connectivity index (χ1n) is 7.75. The van der Waals surface area contributed by atoms with E-state index in [2.05, 4.69) is 20.5 Å². The molecule has 0 aliphatic rings. The van der Waals surface area contributed by atoms with E-state index < -0.39 is 17.8 Å². The first-order chi connectivity index (χ1) is 12.6. The molecule has 0 saturated heterocycles. The Kier molecular flexibility index (Phi) is 5.04. The van der Waals surface area contributed by atoms with Crippen molar-refractivity contribution in [3.63, 3.8) is 0 Å². The topological polar surface area (TPSA) is 77.1 Å². The zero-order valence-electron chi connectivity index (χ0n) is 14.1. The number of rotatable bonds is 4. The van der Waals surface area contributed by atoms with Crippen molar-refractivity contribution in [2.45, 2.75) is 33.1 Å². The van der Waals surface area contributed by atoms with Crippen molar-refractivity contribution in [1.82, 2.24) is 29.7 Å². The molecule has 12 heteroatoms. The monoisotopic (exact) mass is 420 g/mol. The molecule has 0 aromatic carbocycles. The van der Waals surface area contributed by atoms with Crippen LogP contribution in [0.2, 0.25) is 10.0 Å². The van der Waals surface area contributed by atoms with Gasteiger partial charge in [0.1, 0.15) is 10.7 Å². The van der Waals surface area contributed by atoms with Crippen LogP contribution in [0.4, 0.5) is 13.2 Å². The van der Waals surface area contributed by atoms with Crippen LogP contribution in [0.3, 0.4) is 0 Å². The van der Waals surface area contributed by atoms with Gasteiger partial charge in [-0.2, -0.15) is 23.4 Å². The third-order valence-corrected chi connectivity index (χ3v) is 4.44. The van der Waals surface area contributed by atoms with E-state index in [0.29, 0.717) is 21.8 Å². The Bertz CT molecular complexity index is 1030. The summed E-state index contributed by atoms with van der Waals surface area (Å²) >= 11 is 12.1. The normalized spacial score (nSPS) is 12.0. The van der Waals surface area contributed by atoms with Gasteiger partial charge in [-0.25, -0.2) is 9.50 Å². The number of nitrogens with one attached hydrogen (secondary N) is 1. The second kappa shape index (κ2) is 7.01. The molecule has 0 saturated carbocycles. The summed E-state index contributed by atoms with van der Waals surface area (Å²) in [5.74, 6) is -0.754. The number of carbonyl (C=O) groups is 1. The van der Waals surface area contributed by atoms with Gasteiger partial charge in [-0.1, -0.05) is 23.2 Å². The van der Waals surface area contributed by atoms with Crippen molar-refractivity contribution >= 4 is 34.8 Å². The van der Waals surface area contributed by atoms with E-state index in [1.165, 1.54) is 13.1 Å². The number of aromatic nitrogens is 5. The molecule has 3 rings (SSSR count). The van der Waals surface area contributed by atoms with Crippen molar-refractivity contribution in [3.05, 3.63) is 45.1 Å². The Balaban J connectivity index is 1.96. The van der Waals surface area contributed by atoms with Crippen LogP contribution in [0, 0.1) is 6.92 Å². The number of carbonyl (C=O) groups excluding carboxylic acids is 1. The summed E-state index contributed by atoms with van der Waals surface area (Å²) in [6, 6.07) is 0.831. The standard InChI is InChI=1S/C15H13Cl2F3N6O/c1-3-25-9(8(16)5-22-25)6-21-14(27)12-11(17)13-23-7(2)4-10(15(18,19)20)26(13)24-12/h4-5H,3,6H2,1-2H3,(H,21,27). The van der Waals surface area contributed by atoms with E-state index in [1.54, 1.807) is 4.68 Å². The lowest BCUT2D eigenvalue weighted by molar-refractivity contribution is -0.142. The molecule has 1 amide bonds. The Morgan fingerprint density at radius 1 is 1.33 bits per heavy atom. The maximum absolute atomic E-state index is 13.2. The number of aryl methyl sites for hydroxylation is 2. The fraction of sp³-hybridized carbons (Fsp3) is 0.333. The highest BCUT2D eigenvalue weighted by Crippen LogP contribution is 2.32. The summed E-state index contributed by atoms with van der Waals surface area (Å²) in [7, 11) is 0. The second-order valence-corrected chi connectivity index (χ2v) is 6.40. The van der Waals surface area contributed by atoms with E-state index in [-0.39, 0.29) is 28.6 Å². The summed E-state index contributed by atoms with van der Waals surface area (Å²) in [6.07, 6.45) is -3.25. The van der Waals surface area contributed by atoms with E-state index >= 15 is 0 Å². The van der Waals surface area contributed by atoms with Gasteiger partial charge in [0, 0.05) is 12.2 Å². The molecule has 0 fully saturated rings. The molecule has 0 atom stereocenters. The van der Waals surface area contributed by atoms with Crippen molar-refractivity contribution in [3.8, 4) is 0 Å². The first-order valence-corrected chi connectivity index (χ1v) is 8.50. The third-order valence-electron chi connectivity index (χ3n) is 3.78. The number of hydrogen-bond donors (Lipinski definition) is 1. The van der Waals surface area contributed by atoms with Gasteiger partial charge < -0.3 is 5.32 Å². The molecule has 3 aromatic heterocycles. The lowest BCUT2D eigenvalue weighted by Crippen LogP contribution is -2.25. The van der Waals surface area contributed by atoms with E-state index in [0.717, 1.165) is 6.07 Å². The average Bonchev–Trinajstić information content (AvgIpc) is 3.11. The second-order valence-electron chi connectivity index (χ2n) is 5.62. The molecule has 0 unspecified atom stereocenters. The minimum atomic E-state index is -4.68. The molecule has 0 aliphatic heterocycles. The summed E-state index contributed by atoms with van der Waals surface area (Å²) in [6.45, 7) is 3.78. The van der Waals surface area contributed by atoms with Gasteiger partial charge in [-0.15, -0.1) is 0 Å². The van der Waals surface area contributed by atoms with Crippen LogP contribution < -0.4 is 5.32 Å². The lowest BCUT2D eigenvalue weighted by atomic mass is 10.3. The smallest absolute Gasteiger partial charge is 0.345 e. The number of alkyl halides is 3. The summed E-state index contributed by atoms with van der Waals surface area (Å²) in [4.78, 5) is 16.4. The molecular weight excluding hydrogens is 408 g/mol. The maximum atomic E-state index is 13.2. The van der Waals surface area contributed by atoms with Crippen LogP contribution in [0.25, 0.3) is 5.65 Å². The number of fused-ring (bicyclic) bond motifs is 1. The van der Waals surface area contributed by atoms with Crippen LogP contribution in [0.5, 0.6) is 0 Å². The van der Waals surface area contributed by atoms with Crippen LogP contribution in [0.15, 0.2) is 12.3 Å². The molecule has 0 bridgehead atoms. The lowest BCUT2D eigenvalue weighted by Gasteiger charge is -2.09. The zero-order valence-corrected chi connectivity index (χ0v) is 15.6. The van der Waals surface area contributed by atoms with Crippen molar-refractivity contribution < 1.29 is 18.0 Å². The van der Waals surface area contributed by atoms with Gasteiger partial charge >= 0.3 is 6.18 Å². The highest BCUT2D eigenvalue weighted by Gasteiger charge is 2.36. The highest BCUT2D eigenvalue weighted by atomic mass is 35.5. The molecule has 3 aromatic rings. The van der Waals surface area contributed by atoms with Crippen molar-refractivity contribution in [2.24, 2.45) is 0 Å². The van der Waals surface area contributed by atoms with Crippen LogP contribution in [-0.2, 0) is 19.3 Å². The fourth-order valence-electron chi connectivity index (χ4n) is 2.54. The van der Waals surface area contributed by atoms with Crippen molar-refractivity contribution in [1.29, 1.82) is 0 Å². The molecular formula is C15H13Cl2F3N6O. The fourth-order valence-corrected chi connectivity index (χ4v) is 3.00. The first kappa shape index (κ1) is 19.4. The molecule has 0 aliphatic carbocycles. The van der Waals surface area contributed by atoms with Gasteiger partial charge in [0.25, 0.3) is 5.91 Å². The van der Waals surface area contributed by atoms with Gasteiger partial charge in [-0.05, 0) is 19.9 Å². The highest BCUT2D eigenvalue weighted by molar-refractivity contribution is 6.36. The SMILES string of the molecule is CCn1ncc(Cl)c1CNC(=O)c1nn2c(C(F)(F)F)cc(C)nc2c1Cl. The Hall–Kier alpha value is -2.33. The molecule has 0 radical (unpaired) electrons. The van der Waals surface area contributed by atoms with Gasteiger partial charge in [0.2, 0.25) is 0 Å². The predicted molar refractivity (Wildman–Crippen MR) is 91.8 cm³/mol. The van der Waals surface area contributed by atoms with Crippen LogP contribution >= 0.6 is 23.2 Å². The zero-order chi connectivity index (χ0) is 19.9. The van der Waals surface area contributed by atoms with Crippen LogP contribution in [0.1, 0.15) is 34.5 Å². The summed E-state index contributed by atoms with van der Waals surface area (Å²) in [5.41, 5.74) is -1.03. The molecule has 0 spiro atoms. The van der Waals surface area contributed by atoms with Crippen molar-refractivity contribution in [2.75, 3.05) is 0 Å². The quantitative estimate of drug-likeness (QED) is 0.700. The van der Waals surface area contributed by atoms with E-state index in [1.807, 2.05) is 6.92 Å². The summed E-state index contributed by atoms with van der Waals surface area (Å²) in [5, 5.41) is 10.4. The predicted octanol–water partition coefficient (Wildman–Crippen LogP) is 3.51. The number of nitrogens with zero attached hydrogens (tertiary/aromatic N) is 5. The largest absolute Gasteiger partial charge is 0.433 e. The van der Waals surface area contributed by atoms with E-state index in [4.69, 9.17) is 23.2 Å². The molecule has 144 valence electrons. The molecule has 1 N–H and O–H groups in total. The minimum absolute atomic E-state index is 0.00823. The Morgan fingerprint density at radius 2 is 2.04 bits per heavy atom. The summed E-state index contributed by atoms with van der Waals surface area (Å²) < 4.78 is 41.8. The minimum Gasteiger partial charge on any atom is -0.345 e. The Morgan fingerprint density at radius 3 is 2.67 bits per heavy atom. The number of hydrogen-bond acceptors (Lipinski definition) is 4. The maximum Gasteiger partial charge on any atom is 0.433 e. The number of amides is 1. The number of halogens is 5. The molecule has 3 heterocycles. The van der Waals surface area contributed by atoms with E-state index in [9.17, 15) is 18.0 Å². The van der Waals surface area contributed by atoms with Crippen LogP contribution in [-0.4, -0.2) is 30.3 Å². The van der Waals surface area contributed by atoms with Gasteiger partial charge in [-0.3, -0.25) is 9.48 Å². The third kappa shape index (κ3) is 3.59. The average molecular weight is 421 g/mol. The Labute approximate surface area is 161 Å². The molecule has 27 heavy (non-hydrogen) atoms. The van der Waals surface area contributed by atoms with Gasteiger partial charge in [0.05, 0.1) is 23.5 Å². The van der Waals surface area contributed by atoms with Gasteiger partial charge in [0.15, 0.2) is 11.3 Å². The molecule has 7 nitrogen and oxygen atoms in total.